The van der Waals surface area contributed by atoms with Crippen LogP contribution in [0.5, 0.6) is 5.75 Å². The summed E-state index contributed by atoms with van der Waals surface area (Å²) in [4.78, 5) is 28.0. The second kappa shape index (κ2) is 10.9. The van der Waals surface area contributed by atoms with Crippen LogP contribution in [0.25, 0.3) is 0 Å². The first kappa shape index (κ1) is 28.1. The van der Waals surface area contributed by atoms with Gasteiger partial charge in [-0.25, -0.2) is 4.79 Å². The first-order valence-corrected chi connectivity index (χ1v) is 11.4. The van der Waals surface area contributed by atoms with E-state index in [4.69, 9.17) is 9.47 Å². The van der Waals surface area contributed by atoms with Crippen LogP contribution >= 0.6 is 0 Å². The number of amides is 2. The fourth-order valence-electron chi connectivity index (χ4n) is 4.35. The summed E-state index contributed by atoms with van der Waals surface area (Å²) in [5.41, 5.74) is -2.38. The predicted molar refractivity (Wildman–Crippen MR) is 122 cm³/mol. The molecule has 0 N–H and O–H groups in total. The SMILES string of the molecule is CCOC(=O)N1CCCC(N(Cc2cc(C(F)(F)F)cc(C(F)(F)F)c2)C(C)=O)c2cc(OC)ccc21. The molecule has 1 aliphatic rings. The summed E-state index contributed by atoms with van der Waals surface area (Å²) in [6.07, 6.45) is -9.96. The van der Waals surface area contributed by atoms with Crippen molar-refractivity contribution in [3.05, 3.63) is 58.7 Å². The summed E-state index contributed by atoms with van der Waals surface area (Å²) in [6, 6.07) is 5.32. The standard InChI is InChI=1S/C25H26F6N2O4/c1-4-37-23(35)32-9-5-6-21(20-13-19(36-3)7-8-22(20)32)33(15(2)34)14-16-10-17(24(26,27)28)12-18(11-16)25(29,30)31/h7-8,10-13,21H,4-6,9,14H2,1-3H3. The van der Waals surface area contributed by atoms with Crippen LogP contribution < -0.4 is 9.64 Å². The van der Waals surface area contributed by atoms with E-state index in [-0.39, 0.29) is 24.8 Å². The molecule has 3 rings (SSSR count). The highest BCUT2D eigenvalue weighted by Crippen LogP contribution is 2.41. The Kier molecular flexibility index (Phi) is 8.28. The van der Waals surface area contributed by atoms with Gasteiger partial charge < -0.3 is 14.4 Å². The van der Waals surface area contributed by atoms with E-state index < -0.39 is 48.1 Å². The van der Waals surface area contributed by atoms with Gasteiger partial charge >= 0.3 is 18.4 Å². The third-order valence-electron chi connectivity index (χ3n) is 6.01. The van der Waals surface area contributed by atoms with Crippen LogP contribution in [0.3, 0.4) is 0 Å². The monoisotopic (exact) mass is 532 g/mol. The number of rotatable bonds is 5. The summed E-state index contributed by atoms with van der Waals surface area (Å²) in [7, 11) is 1.42. The number of fused-ring (bicyclic) bond motifs is 1. The van der Waals surface area contributed by atoms with Crippen molar-refractivity contribution in [3.8, 4) is 5.75 Å². The van der Waals surface area contributed by atoms with Crippen molar-refractivity contribution in [2.45, 2.75) is 51.6 Å². The molecule has 6 nitrogen and oxygen atoms in total. The Morgan fingerprint density at radius 2 is 1.65 bits per heavy atom. The smallest absolute Gasteiger partial charge is 0.416 e. The average molecular weight is 532 g/mol. The molecule has 0 fully saturated rings. The first-order chi connectivity index (χ1) is 17.3. The molecule has 0 saturated heterocycles. The van der Waals surface area contributed by atoms with E-state index in [1.807, 2.05) is 0 Å². The maximum Gasteiger partial charge on any atom is 0.416 e. The van der Waals surface area contributed by atoms with Crippen LogP contribution in [0, 0.1) is 0 Å². The number of alkyl halides is 6. The number of hydrogen-bond acceptors (Lipinski definition) is 4. The molecule has 12 heteroatoms. The average Bonchev–Trinajstić information content (AvgIpc) is 3.00. The third kappa shape index (κ3) is 6.47. The van der Waals surface area contributed by atoms with E-state index in [1.54, 1.807) is 25.1 Å². The topological polar surface area (TPSA) is 59.1 Å². The predicted octanol–water partition coefficient (Wildman–Crippen LogP) is 6.58. The Balaban J connectivity index is 2.11. The normalized spacial score (nSPS) is 16.0. The van der Waals surface area contributed by atoms with Crippen LogP contribution in [-0.2, 0) is 28.4 Å². The van der Waals surface area contributed by atoms with Crippen LogP contribution in [0.4, 0.5) is 36.8 Å². The highest BCUT2D eigenvalue weighted by molar-refractivity contribution is 5.89. The molecule has 0 saturated carbocycles. The number of anilines is 1. The van der Waals surface area contributed by atoms with Crippen molar-refractivity contribution in [3.63, 3.8) is 0 Å². The maximum atomic E-state index is 13.4. The zero-order valence-electron chi connectivity index (χ0n) is 20.4. The van der Waals surface area contributed by atoms with E-state index in [0.29, 0.717) is 42.0 Å². The van der Waals surface area contributed by atoms with Crippen LogP contribution in [0.15, 0.2) is 36.4 Å². The summed E-state index contributed by atoms with van der Waals surface area (Å²) in [6.45, 7) is 2.69. The molecule has 2 aromatic rings. The lowest BCUT2D eigenvalue weighted by atomic mass is 9.97. The molecule has 0 aliphatic carbocycles. The number of carbonyl (C=O) groups excluding carboxylic acids is 2. The van der Waals surface area contributed by atoms with Crippen molar-refractivity contribution in [2.24, 2.45) is 0 Å². The third-order valence-corrected chi connectivity index (χ3v) is 6.01. The minimum Gasteiger partial charge on any atom is -0.497 e. The van der Waals surface area contributed by atoms with Gasteiger partial charge in [-0.1, -0.05) is 0 Å². The molecule has 0 aromatic heterocycles. The zero-order chi connectivity index (χ0) is 27.5. The highest BCUT2D eigenvalue weighted by atomic mass is 19.4. The van der Waals surface area contributed by atoms with Crippen LogP contribution in [0.2, 0.25) is 0 Å². The molecule has 1 heterocycles. The summed E-state index contributed by atoms with van der Waals surface area (Å²) in [5.74, 6) is -0.161. The van der Waals surface area contributed by atoms with Crippen molar-refractivity contribution in [2.75, 3.05) is 25.2 Å². The number of ether oxygens (including phenoxy) is 2. The Labute approximate surface area is 209 Å². The van der Waals surface area contributed by atoms with Crippen LogP contribution in [-0.4, -0.2) is 37.2 Å². The Bertz CT molecular complexity index is 1120. The van der Waals surface area contributed by atoms with Gasteiger partial charge in [0.15, 0.2) is 0 Å². The van der Waals surface area contributed by atoms with Crippen molar-refractivity contribution in [1.82, 2.24) is 4.90 Å². The number of hydrogen-bond donors (Lipinski definition) is 0. The quantitative estimate of drug-likeness (QED) is 0.409. The van der Waals surface area contributed by atoms with Gasteiger partial charge in [-0.15, -0.1) is 0 Å². The lowest BCUT2D eigenvalue weighted by Crippen LogP contribution is -2.34. The molecular weight excluding hydrogens is 506 g/mol. The largest absolute Gasteiger partial charge is 0.497 e. The summed E-state index contributed by atoms with van der Waals surface area (Å²) in [5, 5.41) is 0. The van der Waals surface area contributed by atoms with Gasteiger partial charge in [0.2, 0.25) is 5.91 Å². The molecule has 0 bridgehead atoms. The van der Waals surface area contributed by atoms with Crippen LogP contribution in [0.1, 0.15) is 55.0 Å². The number of benzene rings is 2. The minimum atomic E-state index is -5.01. The van der Waals surface area contributed by atoms with Crippen molar-refractivity contribution in [1.29, 1.82) is 0 Å². The van der Waals surface area contributed by atoms with Gasteiger partial charge in [-0.3, -0.25) is 9.69 Å². The second-order valence-electron chi connectivity index (χ2n) is 8.49. The molecule has 1 aliphatic heterocycles. The molecule has 37 heavy (non-hydrogen) atoms. The lowest BCUT2D eigenvalue weighted by molar-refractivity contribution is -0.143. The fourth-order valence-corrected chi connectivity index (χ4v) is 4.35. The molecule has 0 spiro atoms. The van der Waals surface area contributed by atoms with E-state index >= 15 is 0 Å². The van der Waals surface area contributed by atoms with E-state index in [9.17, 15) is 35.9 Å². The van der Waals surface area contributed by atoms with Gasteiger partial charge in [0.1, 0.15) is 5.75 Å². The second-order valence-corrected chi connectivity index (χ2v) is 8.49. The Morgan fingerprint density at radius 3 is 2.16 bits per heavy atom. The molecule has 2 aromatic carbocycles. The molecule has 1 unspecified atom stereocenters. The number of halogens is 6. The number of carbonyl (C=O) groups is 2. The Hall–Kier alpha value is -3.44. The van der Waals surface area contributed by atoms with E-state index in [2.05, 4.69) is 0 Å². The summed E-state index contributed by atoms with van der Waals surface area (Å²) >= 11 is 0. The van der Waals surface area contributed by atoms with Gasteiger partial charge in [0.05, 0.1) is 36.6 Å². The number of nitrogens with zero attached hydrogens (tertiary/aromatic N) is 2. The minimum absolute atomic E-state index is 0.0463. The van der Waals surface area contributed by atoms with Gasteiger partial charge in [-0.2, -0.15) is 26.3 Å². The Morgan fingerprint density at radius 1 is 1.03 bits per heavy atom. The lowest BCUT2D eigenvalue weighted by Gasteiger charge is -2.32. The molecular formula is C25H26F6N2O4. The van der Waals surface area contributed by atoms with Crippen molar-refractivity contribution < 1.29 is 45.4 Å². The molecule has 2 amide bonds. The fraction of sp³-hybridized carbons (Fsp3) is 0.440. The van der Waals surface area contributed by atoms with Gasteiger partial charge in [0, 0.05) is 25.6 Å². The van der Waals surface area contributed by atoms with Crippen molar-refractivity contribution >= 4 is 17.7 Å². The highest BCUT2D eigenvalue weighted by Gasteiger charge is 2.38. The molecule has 1 atom stereocenters. The molecule has 0 radical (unpaired) electrons. The maximum absolute atomic E-state index is 13.4. The van der Waals surface area contributed by atoms with Gasteiger partial charge in [-0.05, 0) is 61.7 Å². The summed E-state index contributed by atoms with van der Waals surface area (Å²) < 4.78 is 90.8. The van der Waals surface area contributed by atoms with Gasteiger partial charge in [0.25, 0.3) is 0 Å². The number of methoxy groups -OCH3 is 1. The zero-order valence-corrected chi connectivity index (χ0v) is 20.4. The van der Waals surface area contributed by atoms with E-state index in [1.165, 1.54) is 23.8 Å². The molecule has 202 valence electrons. The first-order valence-electron chi connectivity index (χ1n) is 11.4. The van der Waals surface area contributed by atoms with E-state index in [0.717, 1.165) is 0 Å².